The summed E-state index contributed by atoms with van der Waals surface area (Å²) in [5, 5.41) is 2.93. The number of terminal acetylenes is 1. The first-order valence-corrected chi connectivity index (χ1v) is 8.14. The molecule has 2 amide bonds. The summed E-state index contributed by atoms with van der Waals surface area (Å²) in [6, 6.07) is 13.3. The highest BCUT2D eigenvalue weighted by molar-refractivity contribution is 6.33. The van der Waals surface area contributed by atoms with Crippen LogP contribution in [0, 0.1) is 12.3 Å². The molecule has 7 heteroatoms. The lowest BCUT2D eigenvalue weighted by Gasteiger charge is -2.21. The van der Waals surface area contributed by atoms with Gasteiger partial charge in [0.25, 0.3) is 0 Å². The van der Waals surface area contributed by atoms with Crippen LogP contribution in [0.1, 0.15) is 6.92 Å². The maximum Gasteiger partial charge on any atom is 0.419 e. The van der Waals surface area contributed by atoms with Gasteiger partial charge in [0, 0.05) is 18.3 Å². The molecule has 6 nitrogen and oxygen atoms in total. The van der Waals surface area contributed by atoms with Crippen LogP contribution in [0.15, 0.2) is 48.5 Å². The third kappa shape index (κ3) is 5.16. The molecule has 0 radical (unpaired) electrons. The molecule has 0 unspecified atom stereocenters. The number of amides is 2. The maximum absolute atomic E-state index is 12.5. The molecule has 1 N–H and O–H groups in total. The number of hydrogen-bond donors (Lipinski definition) is 1. The summed E-state index contributed by atoms with van der Waals surface area (Å²) in [6.07, 6.45) is 3.74. The molecule has 0 bridgehead atoms. The van der Waals surface area contributed by atoms with E-state index < -0.39 is 12.2 Å². The average Bonchev–Trinajstić information content (AvgIpc) is 2.62. The summed E-state index contributed by atoms with van der Waals surface area (Å²) in [4.78, 5) is 25.4. The van der Waals surface area contributed by atoms with E-state index >= 15 is 0 Å². The zero-order valence-corrected chi connectivity index (χ0v) is 14.8. The summed E-state index contributed by atoms with van der Waals surface area (Å²) < 4.78 is 10.1. The smallest absolute Gasteiger partial charge is 0.419 e. The van der Waals surface area contributed by atoms with Crippen molar-refractivity contribution in [3.05, 3.63) is 53.6 Å². The van der Waals surface area contributed by atoms with Crippen LogP contribution in [0.2, 0.25) is 5.02 Å². The summed E-state index contributed by atoms with van der Waals surface area (Å²) >= 11 is 6.14. The van der Waals surface area contributed by atoms with E-state index in [9.17, 15) is 9.59 Å². The lowest BCUT2D eigenvalue weighted by Crippen LogP contribution is -2.33. The van der Waals surface area contributed by atoms with Gasteiger partial charge in [-0.15, -0.1) is 6.42 Å². The Morgan fingerprint density at radius 1 is 1.23 bits per heavy atom. The van der Waals surface area contributed by atoms with Gasteiger partial charge in [-0.05, 0) is 31.2 Å². The molecule has 0 spiro atoms. The molecular weight excluding hydrogens is 356 g/mol. The maximum atomic E-state index is 12.5. The average molecular weight is 373 g/mol. The first kappa shape index (κ1) is 19.2. The summed E-state index contributed by atoms with van der Waals surface area (Å²) in [5.41, 5.74) is 0.951. The van der Waals surface area contributed by atoms with Gasteiger partial charge in [0.05, 0.1) is 10.7 Å². The van der Waals surface area contributed by atoms with Crippen molar-refractivity contribution in [2.75, 3.05) is 23.4 Å². The van der Waals surface area contributed by atoms with E-state index in [1.807, 2.05) is 6.92 Å². The first-order valence-electron chi connectivity index (χ1n) is 7.76. The fraction of sp³-hybridized carbons (Fsp3) is 0.158. The Kier molecular flexibility index (Phi) is 6.89. The van der Waals surface area contributed by atoms with E-state index in [0.717, 1.165) is 0 Å². The zero-order valence-electron chi connectivity index (χ0n) is 14.1. The van der Waals surface area contributed by atoms with E-state index in [4.69, 9.17) is 27.5 Å². The van der Waals surface area contributed by atoms with Crippen LogP contribution in [-0.4, -0.2) is 25.3 Å². The molecule has 0 aliphatic rings. The second-order valence-electron chi connectivity index (χ2n) is 5.00. The van der Waals surface area contributed by atoms with Gasteiger partial charge < -0.3 is 9.47 Å². The molecule has 0 aromatic heterocycles. The van der Waals surface area contributed by atoms with E-state index in [2.05, 4.69) is 11.2 Å². The van der Waals surface area contributed by atoms with Gasteiger partial charge >= 0.3 is 12.2 Å². The molecule has 2 aromatic rings. The standard InChI is InChI=1S/C19H17ClN2O4/c1-3-12-25-18(23)21-14-8-7-9-15(13-14)26-19(24)22(4-2)17-11-6-5-10-16(17)20/h1,5-11,13H,4,12H2,2H3,(H,21,23). The lowest BCUT2D eigenvalue weighted by molar-refractivity contribution is 0.176. The molecule has 134 valence electrons. The lowest BCUT2D eigenvalue weighted by atomic mass is 10.3. The molecule has 26 heavy (non-hydrogen) atoms. The largest absolute Gasteiger partial charge is 0.436 e. The highest BCUT2D eigenvalue weighted by atomic mass is 35.5. The van der Waals surface area contributed by atoms with Crippen LogP contribution in [0.4, 0.5) is 21.0 Å². The SMILES string of the molecule is C#CCOC(=O)Nc1cccc(OC(=O)N(CC)c2ccccc2Cl)c1. The third-order valence-corrected chi connectivity index (χ3v) is 3.57. The van der Waals surface area contributed by atoms with Crippen molar-refractivity contribution in [3.63, 3.8) is 0 Å². The van der Waals surface area contributed by atoms with E-state index in [0.29, 0.717) is 22.9 Å². The van der Waals surface area contributed by atoms with Crippen LogP contribution in [0.3, 0.4) is 0 Å². The molecule has 0 saturated carbocycles. The quantitative estimate of drug-likeness (QED) is 0.782. The second-order valence-corrected chi connectivity index (χ2v) is 5.40. The minimum atomic E-state index is -0.697. The number of nitrogens with zero attached hydrogens (tertiary/aromatic N) is 1. The van der Waals surface area contributed by atoms with Crippen LogP contribution in [0.25, 0.3) is 0 Å². The Morgan fingerprint density at radius 2 is 2.00 bits per heavy atom. The number of benzene rings is 2. The van der Waals surface area contributed by atoms with Crippen molar-refractivity contribution in [1.29, 1.82) is 0 Å². The first-order chi connectivity index (χ1) is 12.5. The fourth-order valence-electron chi connectivity index (χ4n) is 2.12. The summed E-state index contributed by atoms with van der Waals surface area (Å²) in [6.45, 7) is 2.05. The molecule has 2 rings (SSSR count). The van der Waals surface area contributed by atoms with Crippen molar-refractivity contribution in [1.82, 2.24) is 0 Å². The number of nitrogens with one attached hydrogen (secondary N) is 1. The predicted molar refractivity (Wildman–Crippen MR) is 101 cm³/mol. The Labute approximate surface area is 156 Å². The van der Waals surface area contributed by atoms with Crippen molar-refractivity contribution in [2.24, 2.45) is 0 Å². The Hall–Kier alpha value is -3.17. The highest BCUT2D eigenvalue weighted by Crippen LogP contribution is 2.26. The van der Waals surface area contributed by atoms with Crippen LogP contribution >= 0.6 is 11.6 Å². The van der Waals surface area contributed by atoms with Gasteiger partial charge in [-0.2, -0.15) is 0 Å². The van der Waals surface area contributed by atoms with Gasteiger partial charge in [0.1, 0.15) is 5.75 Å². The summed E-state index contributed by atoms with van der Waals surface area (Å²) in [5.74, 6) is 2.45. The van der Waals surface area contributed by atoms with Gasteiger partial charge in [0.2, 0.25) is 0 Å². The Morgan fingerprint density at radius 3 is 2.69 bits per heavy atom. The number of rotatable bonds is 5. The van der Waals surface area contributed by atoms with Crippen molar-refractivity contribution in [3.8, 4) is 18.1 Å². The van der Waals surface area contributed by atoms with Crippen molar-refractivity contribution in [2.45, 2.75) is 6.92 Å². The van der Waals surface area contributed by atoms with Gasteiger partial charge in [0.15, 0.2) is 6.61 Å². The number of halogens is 1. The van der Waals surface area contributed by atoms with E-state index in [-0.39, 0.29) is 12.4 Å². The fourth-order valence-corrected chi connectivity index (χ4v) is 2.36. The number of para-hydroxylation sites is 1. The molecule has 0 saturated heterocycles. The summed E-state index contributed by atoms with van der Waals surface area (Å²) in [7, 11) is 0. The molecule has 0 heterocycles. The number of carbonyl (C=O) groups excluding carboxylic acids is 2. The minimum Gasteiger partial charge on any atom is -0.436 e. The number of ether oxygens (including phenoxy) is 2. The Balaban J connectivity index is 2.09. The molecule has 2 aromatic carbocycles. The molecule has 0 fully saturated rings. The van der Waals surface area contributed by atoms with E-state index in [1.165, 1.54) is 11.0 Å². The normalized spacial score (nSPS) is 9.73. The number of anilines is 2. The highest BCUT2D eigenvalue weighted by Gasteiger charge is 2.18. The minimum absolute atomic E-state index is 0.135. The van der Waals surface area contributed by atoms with Gasteiger partial charge in [-0.3, -0.25) is 10.2 Å². The zero-order chi connectivity index (χ0) is 18.9. The molecule has 0 atom stereocenters. The number of hydrogen-bond acceptors (Lipinski definition) is 4. The van der Waals surface area contributed by atoms with Gasteiger partial charge in [-0.1, -0.05) is 35.7 Å². The van der Waals surface area contributed by atoms with Crippen molar-refractivity contribution >= 4 is 35.2 Å². The van der Waals surface area contributed by atoms with Crippen LogP contribution in [-0.2, 0) is 4.74 Å². The molecule has 0 aliphatic carbocycles. The number of carbonyl (C=O) groups is 2. The Bertz CT molecular complexity index is 832. The topological polar surface area (TPSA) is 67.9 Å². The van der Waals surface area contributed by atoms with Crippen LogP contribution in [0.5, 0.6) is 5.75 Å². The van der Waals surface area contributed by atoms with Crippen LogP contribution < -0.4 is 15.0 Å². The molecular formula is C19H17ClN2O4. The molecule has 0 aliphatic heterocycles. The monoisotopic (exact) mass is 372 g/mol. The van der Waals surface area contributed by atoms with Gasteiger partial charge in [-0.25, -0.2) is 9.59 Å². The second kappa shape index (κ2) is 9.35. The van der Waals surface area contributed by atoms with Crippen molar-refractivity contribution < 1.29 is 19.1 Å². The third-order valence-electron chi connectivity index (χ3n) is 3.25. The van der Waals surface area contributed by atoms with E-state index in [1.54, 1.807) is 42.5 Å². The predicted octanol–water partition coefficient (Wildman–Crippen LogP) is 4.55.